The Morgan fingerprint density at radius 1 is 0.900 bits per heavy atom. The smallest absolute Gasteiger partial charge is 0.225 e. The molecule has 1 aromatic heterocycles. The molecule has 0 aliphatic rings. The number of nitrogens with zero attached hydrogens (tertiary/aromatic N) is 2. The molecular formula is C26H25N3O. The monoisotopic (exact) mass is 395 g/mol. The molecule has 1 heterocycles. The van der Waals surface area contributed by atoms with Gasteiger partial charge in [-0.15, -0.1) is 0 Å². The van der Waals surface area contributed by atoms with Gasteiger partial charge in [-0.05, 0) is 49.1 Å². The topological polar surface area (TPSA) is 60.9 Å². The molecule has 150 valence electrons. The van der Waals surface area contributed by atoms with E-state index >= 15 is 0 Å². The molecule has 1 atom stereocenters. The number of rotatable bonds is 6. The Bertz CT molecular complexity index is 1160. The average Bonchev–Trinajstić information content (AvgIpc) is 3.07. The van der Waals surface area contributed by atoms with Gasteiger partial charge in [-0.2, -0.15) is 5.10 Å². The molecule has 1 unspecified atom stereocenters. The molecule has 30 heavy (non-hydrogen) atoms. The van der Waals surface area contributed by atoms with E-state index in [2.05, 4.69) is 24.3 Å². The van der Waals surface area contributed by atoms with Crippen LogP contribution in [0.25, 0.3) is 16.8 Å². The fourth-order valence-corrected chi connectivity index (χ4v) is 4.14. The normalized spacial score (nSPS) is 11.9. The number of primary amides is 1. The van der Waals surface area contributed by atoms with E-state index in [1.165, 1.54) is 0 Å². The molecule has 0 fully saturated rings. The molecule has 2 N–H and O–H groups in total. The molecule has 0 saturated heterocycles. The van der Waals surface area contributed by atoms with Crippen LogP contribution in [0.15, 0.2) is 84.9 Å². The second kappa shape index (κ2) is 8.37. The largest absolute Gasteiger partial charge is 0.369 e. The molecule has 4 aromatic rings. The number of aryl methyl sites for hydroxylation is 1. The Balaban J connectivity index is 1.76. The van der Waals surface area contributed by atoms with Crippen molar-refractivity contribution in [1.82, 2.24) is 9.78 Å². The minimum atomic E-state index is -0.452. The first kappa shape index (κ1) is 19.6. The number of carbonyl (C=O) groups is 1. The second-order valence-electron chi connectivity index (χ2n) is 7.51. The zero-order chi connectivity index (χ0) is 21.1. The highest BCUT2D eigenvalue weighted by Gasteiger charge is 2.27. The lowest BCUT2D eigenvalue weighted by Crippen LogP contribution is -2.24. The van der Waals surface area contributed by atoms with E-state index in [9.17, 15) is 4.79 Å². The molecule has 4 nitrogen and oxygen atoms in total. The first-order chi connectivity index (χ1) is 14.6. The maximum Gasteiger partial charge on any atom is 0.225 e. The molecule has 0 radical (unpaired) electrons. The lowest BCUT2D eigenvalue weighted by molar-refractivity contribution is -0.119. The van der Waals surface area contributed by atoms with Gasteiger partial charge in [0.15, 0.2) is 0 Å². The minimum absolute atomic E-state index is 0.336. The van der Waals surface area contributed by atoms with E-state index in [1.807, 2.05) is 79.2 Å². The highest BCUT2D eigenvalue weighted by Crippen LogP contribution is 2.32. The van der Waals surface area contributed by atoms with Gasteiger partial charge >= 0.3 is 0 Å². The third kappa shape index (κ3) is 3.77. The summed E-state index contributed by atoms with van der Waals surface area (Å²) in [5, 5.41) is 4.71. The molecule has 4 heteroatoms. The maximum absolute atomic E-state index is 12.6. The average molecular weight is 396 g/mol. The first-order valence-corrected chi connectivity index (χ1v) is 10.1. The zero-order valence-corrected chi connectivity index (χ0v) is 17.2. The van der Waals surface area contributed by atoms with Crippen LogP contribution < -0.4 is 5.73 Å². The number of aromatic nitrogens is 2. The summed E-state index contributed by atoms with van der Waals surface area (Å²) in [6.07, 6.45) is 0.530. The van der Waals surface area contributed by atoms with Crippen LogP contribution in [0.5, 0.6) is 0 Å². The lowest BCUT2D eigenvalue weighted by atomic mass is 9.87. The van der Waals surface area contributed by atoms with Crippen molar-refractivity contribution in [1.29, 1.82) is 0 Å². The van der Waals surface area contributed by atoms with Crippen LogP contribution in [0.4, 0.5) is 0 Å². The number of amides is 1. The Morgan fingerprint density at radius 3 is 2.17 bits per heavy atom. The van der Waals surface area contributed by atoms with Gasteiger partial charge in [0.2, 0.25) is 5.91 Å². The van der Waals surface area contributed by atoms with Crippen molar-refractivity contribution >= 4 is 5.91 Å². The van der Waals surface area contributed by atoms with Crippen LogP contribution in [-0.2, 0) is 11.2 Å². The Kier molecular flexibility index (Phi) is 5.48. The van der Waals surface area contributed by atoms with Crippen LogP contribution in [0.2, 0.25) is 0 Å². The summed E-state index contributed by atoms with van der Waals surface area (Å²) in [4.78, 5) is 12.6. The molecule has 3 aromatic carbocycles. The molecule has 1 amide bonds. The number of nitrogens with two attached hydrogens (primary N) is 1. The number of hydrogen-bond acceptors (Lipinski definition) is 2. The van der Waals surface area contributed by atoms with Gasteiger partial charge in [-0.25, -0.2) is 4.68 Å². The van der Waals surface area contributed by atoms with E-state index < -0.39 is 5.92 Å². The summed E-state index contributed by atoms with van der Waals surface area (Å²) in [6.45, 7) is 3.95. The van der Waals surface area contributed by atoms with Crippen LogP contribution in [-0.4, -0.2) is 15.7 Å². The fourth-order valence-electron chi connectivity index (χ4n) is 4.14. The zero-order valence-electron chi connectivity index (χ0n) is 17.2. The van der Waals surface area contributed by atoms with Crippen LogP contribution >= 0.6 is 0 Å². The molecule has 4 rings (SSSR count). The van der Waals surface area contributed by atoms with Crippen LogP contribution in [0, 0.1) is 13.8 Å². The van der Waals surface area contributed by atoms with Gasteiger partial charge in [0.1, 0.15) is 0 Å². The molecule has 0 aliphatic carbocycles. The first-order valence-electron chi connectivity index (χ1n) is 10.1. The number of benzene rings is 3. The highest BCUT2D eigenvalue weighted by molar-refractivity contribution is 5.83. The lowest BCUT2D eigenvalue weighted by Gasteiger charge is -2.17. The van der Waals surface area contributed by atoms with Crippen molar-refractivity contribution < 1.29 is 4.79 Å². The summed E-state index contributed by atoms with van der Waals surface area (Å²) >= 11 is 0. The quantitative estimate of drug-likeness (QED) is 0.501. The SMILES string of the molecule is Cc1nn(-c2ccccc2)c(C)c1C(Cc1ccccc1-c1ccccc1)C(N)=O. The molecule has 0 aliphatic heterocycles. The van der Waals surface area contributed by atoms with E-state index in [-0.39, 0.29) is 5.91 Å². The predicted octanol–water partition coefficient (Wildman–Crippen LogP) is 4.97. The summed E-state index contributed by atoms with van der Waals surface area (Å²) < 4.78 is 1.89. The van der Waals surface area contributed by atoms with E-state index in [4.69, 9.17) is 10.8 Å². The van der Waals surface area contributed by atoms with Gasteiger partial charge in [0.25, 0.3) is 0 Å². The summed E-state index contributed by atoms with van der Waals surface area (Å²) in [6, 6.07) is 28.4. The second-order valence-corrected chi connectivity index (χ2v) is 7.51. The number of para-hydroxylation sites is 1. The molecule has 0 saturated carbocycles. The standard InChI is InChI=1S/C26H25N3O/c1-18-25(19(2)29(28-18)22-14-7-4-8-15-22)24(26(27)30)17-21-13-9-10-16-23(21)20-11-5-3-6-12-20/h3-16,24H,17H2,1-2H3,(H2,27,30). The molecule has 0 spiro atoms. The predicted molar refractivity (Wildman–Crippen MR) is 121 cm³/mol. The summed E-state index contributed by atoms with van der Waals surface area (Å²) in [5.41, 5.74) is 12.9. The molecular weight excluding hydrogens is 370 g/mol. The van der Waals surface area contributed by atoms with Gasteiger partial charge in [-0.3, -0.25) is 4.79 Å². The molecule has 0 bridgehead atoms. The number of hydrogen-bond donors (Lipinski definition) is 1. The van der Waals surface area contributed by atoms with Crippen molar-refractivity contribution in [3.05, 3.63) is 107 Å². The fraction of sp³-hybridized carbons (Fsp3) is 0.154. The summed E-state index contributed by atoms with van der Waals surface area (Å²) in [7, 11) is 0. The third-order valence-corrected chi connectivity index (χ3v) is 5.57. The minimum Gasteiger partial charge on any atom is -0.369 e. The van der Waals surface area contributed by atoms with Gasteiger partial charge in [-0.1, -0.05) is 72.8 Å². The Labute approximate surface area is 177 Å². The van der Waals surface area contributed by atoms with Crippen LogP contribution in [0.3, 0.4) is 0 Å². The third-order valence-electron chi connectivity index (χ3n) is 5.57. The van der Waals surface area contributed by atoms with Crippen LogP contribution in [0.1, 0.15) is 28.4 Å². The summed E-state index contributed by atoms with van der Waals surface area (Å²) in [5.74, 6) is -0.788. The van der Waals surface area contributed by atoms with Crippen molar-refractivity contribution in [3.8, 4) is 16.8 Å². The van der Waals surface area contributed by atoms with Crippen molar-refractivity contribution in [2.24, 2.45) is 5.73 Å². The highest BCUT2D eigenvalue weighted by atomic mass is 16.1. The van der Waals surface area contributed by atoms with Gasteiger partial charge < -0.3 is 5.73 Å². The Hall–Kier alpha value is -3.66. The number of carbonyl (C=O) groups excluding carboxylic acids is 1. The van der Waals surface area contributed by atoms with Crippen molar-refractivity contribution in [3.63, 3.8) is 0 Å². The van der Waals surface area contributed by atoms with E-state index in [1.54, 1.807) is 0 Å². The van der Waals surface area contributed by atoms with Gasteiger partial charge in [0.05, 0.1) is 17.3 Å². The van der Waals surface area contributed by atoms with E-state index in [0.29, 0.717) is 6.42 Å². The van der Waals surface area contributed by atoms with E-state index in [0.717, 1.165) is 39.3 Å². The maximum atomic E-state index is 12.6. The van der Waals surface area contributed by atoms with Crippen molar-refractivity contribution in [2.45, 2.75) is 26.2 Å². The Morgan fingerprint density at radius 2 is 1.50 bits per heavy atom. The van der Waals surface area contributed by atoms with Crippen molar-refractivity contribution in [2.75, 3.05) is 0 Å². The van der Waals surface area contributed by atoms with Gasteiger partial charge in [0, 0.05) is 11.3 Å².